The summed E-state index contributed by atoms with van der Waals surface area (Å²) < 4.78 is 12.0. The first-order valence-electron chi connectivity index (χ1n) is 8.39. The molecule has 2 aromatic heterocycles. The van der Waals surface area contributed by atoms with Crippen LogP contribution in [0.25, 0.3) is 21.7 Å². The Bertz CT molecular complexity index is 1100. The largest absolute Gasteiger partial charge is 0.494 e. The smallest absolute Gasteiger partial charge is 0.232 e. The maximum Gasteiger partial charge on any atom is 0.232 e. The van der Waals surface area contributed by atoms with Crippen LogP contribution in [0.2, 0.25) is 0 Å². The van der Waals surface area contributed by atoms with Crippen LogP contribution in [0.15, 0.2) is 52.9 Å². The van der Waals surface area contributed by atoms with Crippen molar-refractivity contribution >= 4 is 32.6 Å². The Hall–Kier alpha value is -3.19. The number of thiazole rings is 1. The first-order valence-corrected chi connectivity index (χ1v) is 9.21. The van der Waals surface area contributed by atoms with Crippen molar-refractivity contribution in [2.24, 2.45) is 0 Å². The molecule has 0 aliphatic carbocycles. The SMILES string of the molecule is COc1cccc2sc(NC(=O)Cc3nc(-c4ccccc4)oc3C)nc12. The first kappa shape index (κ1) is 17.2. The number of aromatic nitrogens is 2. The summed E-state index contributed by atoms with van der Waals surface area (Å²) in [6, 6.07) is 15.3. The molecule has 1 amide bonds. The van der Waals surface area contributed by atoms with Crippen molar-refractivity contribution < 1.29 is 13.9 Å². The van der Waals surface area contributed by atoms with E-state index >= 15 is 0 Å². The van der Waals surface area contributed by atoms with Crippen LogP contribution in [0.1, 0.15) is 11.5 Å². The average molecular weight is 379 g/mol. The summed E-state index contributed by atoms with van der Waals surface area (Å²) in [4.78, 5) is 21.4. The Morgan fingerprint density at radius 1 is 1.15 bits per heavy atom. The van der Waals surface area contributed by atoms with Crippen molar-refractivity contribution in [2.45, 2.75) is 13.3 Å². The Balaban J connectivity index is 1.51. The maximum absolute atomic E-state index is 12.5. The number of fused-ring (bicyclic) bond motifs is 1. The fourth-order valence-corrected chi connectivity index (χ4v) is 3.65. The van der Waals surface area contributed by atoms with E-state index in [0.29, 0.717) is 28.2 Å². The van der Waals surface area contributed by atoms with Crippen LogP contribution in [0.3, 0.4) is 0 Å². The highest BCUT2D eigenvalue weighted by atomic mass is 32.1. The minimum absolute atomic E-state index is 0.120. The molecule has 0 bridgehead atoms. The number of hydrogen-bond acceptors (Lipinski definition) is 6. The van der Waals surface area contributed by atoms with Crippen molar-refractivity contribution in [1.29, 1.82) is 0 Å². The number of para-hydroxylation sites is 1. The van der Waals surface area contributed by atoms with Gasteiger partial charge in [-0.3, -0.25) is 4.79 Å². The second-order valence-electron chi connectivity index (χ2n) is 5.94. The van der Waals surface area contributed by atoms with Gasteiger partial charge in [-0.15, -0.1) is 0 Å². The Kier molecular flexibility index (Phi) is 4.60. The van der Waals surface area contributed by atoms with Crippen molar-refractivity contribution in [3.63, 3.8) is 0 Å². The van der Waals surface area contributed by atoms with Gasteiger partial charge >= 0.3 is 0 Å². The predicted molar refractivity (Wildman–Crippen MR) is 105 cm³/mol. The van der Waals surface area contributed by atoms with Crippen molar-refractivity contribution in [1.82, 2.24) is 9.97 Å². The lowest BCUT2D eigenvalue weighted by Gasteiger charge is -1.99. The molecule has 7 heteroatoms. The zero-order valence-electron chi connectivity index (χ0n) is 14.9. The van der Waals surface area contributed by atoms with Crippen molar-refractivity contribution in [2.75, 3.05) is 12.4 Å². The number of nitrogens with one attached hydrogen (secondary N) is 1. The lowest BCUT2D eigenvalue weighted by Crippen LogP contribution is -2.15. The fraction of sp³-hybridized carbons (Fsp3) is 0.150. The highest BCUT2D eigenvalue weighted by Crippen LogP contribution is 2.32. The van der Waals surface area contributed by atoms with Gasteiger partial charge in [0, 0.05) is 5.56 Å². The lowest BCUT2D eigenvalue weighted by molar-refractivity contribution is -0.115. The molecule has 0 atom stereocenters. The molecule has 6 nitrogen and oxygen atoms in total. The molecule has 0 spiro atoms. The summed E-state index contributed by atoms with van der Waals surface area (Å²) in [5, 5.41) is 3.37. The summed E-state index contributed by atoms with van der Waals surface area (Å²) >= 11 is 1.41. The topological polar surface area (TPSA) is 77.2 Å². The van der Waals surface area contributed by atoms with Gasteiger partial charge in [-0.05, 0) is 31.2 Å². The Morgan fingerprint density at radius 3 is 2.74 bits per heavy atom. The van der Waals surface area contributed by atoms with E-state index in [2.05, 4.69) is 15.3 Å². The number of amides is 1. The average Bonchev–Trinajstić information content (AvgIpc) is 3.25. The van der Waals surface area contributed by atoms with Crippen molar-refractivity contribution in [3.05, 3.63) is 60.0 Å². The number of carbonyl (C=O) groups is 1. The summed E-state index contributed by atoms with van der Waals surface area (Å²) in [6.07, 6.45) is 0.120. The number of oxazole rings is 1. The van der Waals surface area contributed by atoms with Gasteiger partial charge in [0.15, 0.2) is 5.13 Å². The van der Waals surface area contributed by atoms with Crippen LogP contribution in [-0.2, 0) is 11.2 Å². The first-order chi connectivity index (χ1) is 13.1. The minimum atomic E-state index is -0.191. The van der Waals surface area contributed by atoms with Gasteiger partial charge in [0.1, 0.15) is 17.0 Å². The van der Waals surface area contributed by atoms with Crippen LogP contribution < -0.4 is 10.1 Å². The number of methoxy groups -OCH3 is 1. The second-order valence-corrected chi connectivity index (χ2v) is 6.97. The molecule has 0 unspecified atom stereocenters. The summed E-state index contributed by atoms with van der Waals surface area (Å²) in [5.41, 5.74) is 2.24. The van der Waals surface area contributed by atoms with E-state index in [1.54, 1.807) is 7.11 Å². The summed E-state index contributed by atoms with van der Waals surface area (Å²) in [7, 11) is 1.60. The Labute approximate surface area is 159 Å². The molecule has 0 saturated carbocycles. The number of hydrogen-bond donors (Lipinski definition) is 1. The van der Waals surface area contributed by atoms with Gasteiger partial charge in [-0.1, -0.05) is 35.6 Å². The van der Waals surface area contributed by atoms with E-state index in [4.69, 9.17) is 9.15 Å². The third-order valence-corrected chi connectivity index (χ3v) is 5.03. The maximum atomic E-state index is 12.5. The number of ether oxygens (including phenoxy) is 1. The highest BCUT2D eigenvalue weighted by molar-refractivity contribution is 7.22. The quantitative estimate of drug-likeness (QED) is 0.554. The monoisotopic (exact) mass is 379 g/mol. The van der Waals surface area contributed by atoms with E-state index in [9.17, 15) is 4.79 Å². The second kappa shape index (κ2) is 7.20. The molecule has 136 valence electrons. The van der Waals surface area contributed by atoms with Crippen molar-refractivity contribution in [3.8, 4) is 17.2 Å². The molecular weight excluding hydrogens is 362 g/mol. The minimum Gasteiger partial charge on any atom is -0.494 e. The third kappa shape index (κ3) is 3.54. The normalized spacial score (nSPS) is 10.9. The molecule has 4 aromatic rings. The molecule has 1 N–H and O–H groups in total. The number of nitrogens with zero attached hydrogens (tertiary/aromatic N) is 2. The van der Waals surface area contributed by atoms with Crippen LogP contribution in [-0.4, -0.2) is 23.0 Å². The number of aryl methyl sites for hydroxylation is 1. The molecule has 2 heterocycles. The van der Waals surface area contributed by atoms with E-state index in [-0.39, 0.29) is 12.3 Å². The fourth-order valence-electron chi connectivity index (χ4n) is 2.75. The van der Waals surface area contributed by atoms with Gasteiger partial charge in [-0.25, -0.2) is 9.97 Å². The van der Waals surface area contributed by atoms with Gasteiger partial charge in [0.25, 0.3) is 0 Å². The molecule has 0 saturated heterocycles. The standard InChI is InChI=1S/C20H17N3O3S/c1-12-14(21-19(26-12)13-7-4-3-5-8-13)11-17(24)22-20-23-18-15(25-2)9-6-10-16(18)27-20/h3-10H,11H2,1-2H3,(H,22,23,24). The molecule has 0 fully saturated rings. The number of anilines is 1. The van der Waals surface area contributed by atoms with E-state index < -0.39 is 0 Å². The lowest BCUT2D eigenvalue weighted by atomic mass is 10.2. The zero-order chi connectivity index (χ0) is 18.8. The van der Waals surface area contributed by atoms with Crippen LogP contribution >= 0.6 is 11.3 Å². The van der Waals surface area contributed by atoms with Crippen LogP contribution in [0.4, 0.5) is 5.13 Å². The van der Waals surface area contributed by atoms with Gasteiger partial charge in [-0.2, -0.15) is 0 Å². The molecule has 0 radical (unpaired) electrons. The molecule has 27 heavy (non-hydrogen) atoms. The molecular formula is C20H17N3O3S. The third-order valence-electron chi connectivity index (χ3n) is 4.09. The number of rotatable bonds is 5. The number of benzene rings is 2. The van der Waals surface area contributed by atoms with E-state index in [1.165, 1.54) is 11.3 Å². The summed E-state index contributed by atoms with van der Waals surface area (Å²) in [5.74, 6) is 1.64. The van der Waals surface area contributed by atoms with Crippen LogP contribution in [0.5, 0.6) is 5.75 Å². The Morgan fingerprint density at radius 2 is 1.96 bits per heavy atom. The van der Waals surface area contributed by atoms with Gasteiger partial charge in [0.05, 0.1) is 23.9 Å². The van der Waals surface area contributed by atoms with Crippen LogP contribution in [0, 0.1) is 6.92 Å². The molecule has 0 aliphatic rings. The zero-order valence-corrected chi connectivity index (χ0v) is 15.7. The highest BCUT2D eigenvalue weighted by Gasteiger charge is 2.16. The summed E-state index contributed by atoms with van der Waals surface area (Å²) in [6.45, 7) is 1.81. The molecule has 4 rings (SSSR count). The number of carbonyl (C=O) groups excluding carboxylic acids is 1. The van der Waals surface area contributed by atoms with E-state index in [0.717, 1.165) is 15.8 Å². The predicted octanol–water partition coefficient (Wildman–Crippen LogP) is 4.45. The molecule has 2 aromatic carbocycles. The molecule has 0 aliphatic heterocycles. The van der Waals surface area contributed by atoms with Gasteiger partial charge < -0.3 is 14.5 Å². The van der Waals surface area contributed by atoms with E-state index in [1.807, 2.05) is 55.5 Å². The van der Waals surface area contributed by atoms with Gasteiger partial charge in [0.2, 0.25) is 11.8 Å².